The van der Waals surface area contributed by atoms with Crippen molar-refractivity contribution >= 4 is 5.97 Å². The summed E-state index contributed by atoms with van der Waals surface area (Å²) >= 11 is 0. The second-order valence-corrected chi connectivity index (χ2v) is 3.10. The largest absolute Gasteiger partial charge is 0.504 e. The molecule has 0 saturated carbocycles. The molecule has 0 spiro atoms. The summed E-state index contributed by atoms with van der Waals surface area (Å²) in [7, 11) is 0. The van der Waals surface area contributed by atoms with E-state index in [1.165, 1.54) is 6.07 Å². The lowest BCUT2D eigenvalue weighted by molar-refractivity contribution is 0.0693. The Hall–Kier alpha value is -1.75. The molecule has 0 amide bonds. The van der Waals surface area contributed by atoms with E-state index in [1.54, 1.807) is 6.07 Å². The van der Waals surface area contributed by atoms with Gasteiger partial charge < -0.3 is 20.7 Å². The van der Waals surface area contributed by atoms with Gasteiger partial charge in [-0.2, -0.15) is 0 Å². The van der Waals surface area contributed by atoms with Gasteiger partial charge in [-0.05, 0) is 6.07 Å². The van der Waals surface area contributed by atoms with Crippen molar-refractivity contribution in [2.45, 2.75) is 6.04 Å². The van der Waals surface area contributed by atoms with Gasteiger partial charge in [-0.25, -0.2) is 4.79 Å². The van der Waals surface area contributed by atoms with Crippen LogP contribution >= 0.6 is 0 Å². The van der Waals surface area contributed by atoms with Crippen molar-refractivity contribution in [2.24, 2.45) is 5.73 Å². The highest BCUT2D eigenvalue weighted by Gasteiger charge is 2.26. The maximum absolute atomic E-state index is 10.7. The molecule has 0 radical (unpaired) electrons. The molecule has 5 heteroatoms. The lowest BCUT2D eigenvalue weighted by Gasteiger charge is -2.05. The van der Waals surface area contributed by atoms with Crippen LogP contribution in [0.5, 0.6) is 11.5 Å². The molecule has 2 rings (SSSR count). The van der Waals surface area contributed by atoms with E-state index >= 15 is 0 Å². The minimum absolute atomic E-state index is 0.169. The SMILES string of the molecule is NC1COc2c1ccc(C(=O)O)c2O. The number of fused-ring (bicyclic) bond motifs is 1. The summed E-state index contributed by atoms with van der Waals surface area (Å²) in [6, 6.07) is 2.60. The summed E-state index contributed by atoms with van der Waals surface area (Å²) in [6.07, 6.45) is 0. The predicted octanol–water partition coefficient (Wildman–Crippen LogP) is 0.483. The zero-order valence-corrected chi connectivity index (χ0v) is 7.23. The van der Waals surface area contributed by atoms with Crippen LogP contribution in [-0.4, -0.2) is 22.8 Å². The van der Waals surface area contributed by atoms with Gasteiger partial charge in [0.25, 0.3) is 0 Å². The smallest absolute Gasteiger partial charge is 0.339 e. The van der Waals surface area contributed by atoms with Gasteiger partial charge in [-0.1, -0.05) is 6.07 Å². The van der Waals surface area contributed by atoms with Crippen molar-refractivity contribution < 1.29 is 19.7 Å². The zero-order valence-electron chi connectivity index (χ0n) is 7.23. The average molecular weight is 195 g/mol. The van der Waals surface area contributed by atoms with Crippen molar-refractivity contribution in [2.75, 3.05) is 6.61 Å². The maximum atomic E-state index is 10.7. The molecule has 4 N–H and O–H groups in total. The van der Waals surface area contributed by atoms with Crippen molar-refractivity contribution in [1.82, 2.24) is 0 Å². The Morgan fingerprint density at radius 1 is 1.57 bits per heavy atom. The lowest BCUT2D eigenvalue weighted by atomic mass is 10.1. The number of carboxylic acid groups (broad SMARTS) is 1. The number of phenols is 1. The fraction of sp³-hybridized carbons (Fsp3) is 0.222. The first-order valence-corrected chi connectivity index (χ1v) is 4.09. The van der Waals surface area contributed by atoms with Gasteiger partial charge in [0.1, 0.15) is 12.2 Å². The number of aromatic carboxylic acids is 1. The summed E-state index contributed by atoms with van der Waals surface area (Å²) in [5.41, 5.74) is 6.14. The van der Waals surface area contributed by atoms with Gasteiger partial charge >= 0.3 is 5.97 Å². The molecule has 0 fully saturated rings. The van der Waals surface area contributed by atoms with Gasteiger partial charge in [-0.15, -0.1) is 0 Å². The van der Waals surface area contributed by atoms with E-state index in [9.17, 15) is 9.90 Å². The Bertz CT molecular complexity index is 402. The maximum Gasteiger partial charge on any atom is 0.339 e. The number of carbonyl (C=O) groups is 1. The van der Waals surface area contributed by atoms with Gasteiger partial charge in [0.05, 0.1) is 6.04 Å². The van der Waals surface area contributed by atoms with Crippen LogP contribution < -0.4 is 10.5 Å². The normalized spacial score (nSPS) is 18.8. The Kier molecular flexibility index (Phi) is 1.82. The molecule has 0 aliphatic carbocycles. The molecule has 1 aliphatic rings. The molecular weight excluding hydrogens is 186 g/mol. The van der Waals surface area contributed by atoms with Crippen LogP contribution in [0, 0.1) is 0 Å². The van der Waals surface area contributed by atoms with Crippen LogP contribution in [-0.2, 0) is 0 Å². The van der Waals surface area contributed by atoms with Gasteiger partial charge in [0.2, 0.25) is 0 Å². The van der Waals surface area contributed by atoms with E-state index in [-0.39, 0.29) is 29.7 Å². The van der Waals surface area contributed by atoms with Crippen LogP contribution in [0.15, 0.2) is 12.1 Å². The number of aromatic hydroxyl groups is 1. The number of carboxylic acids is 1. The number of ether oxygens (including phenoxy) is 1. The third kappa shape index (κ3) is 1.10. The minimum Gasteiger partial charge on any atom is -0.504 e. The van der Waals surface area contributed by atoms with Crippen LogP contribution in [0.4, 0.5) is 0 Å². The topological polar surface area (TPSA) is 92.8 Å². The van der Waals surface area contributed by atoms with Gasteiger partial charge in [0, 0.05) is 5.56 Å². The number of nitrogens with two attached hydrogens (primary N) is 1. The van der Waals surface area contributed by atoms with E-state index in [1.807, 2.05) is 0 Å². The number of benzene rings is 1. The van der Waals surface area contributed by atoms with Crippen molar-refractivity contribution in [3.05, 3.63) is 23.3 Å². The predicted molar refractivity (Wildman–Crippen MR) is 47.5 cm³/mol. The van der Waals surface area contributed by atoms with E-state index in [4.69, 9.17) is 15.6 Å². The van der Waals surface area contributed by atoms with Gasteiger partial charge in [-0.3, -0.25) is 0 Å². The first-order valence-electron chi connectivity index (χ1n) is 4.09. The summed E-state index contributed by atoms with van der Waals surface area (Å²) in [5.74, 6) is -1.34. The summed E-state index contributed by atoms with van der Waals surface area (Å²) in [6.45, 7) is 0.270. The van der Waals surface area contributed by atoms with E-state index in [0.29, 0.717) is 5.56 Å². The Balaban J connectivity index is 2.58. The second kappa shape index (κ2) is 2.88. The molecular formula is C9H9NO4. The first kappa shape index (κ1) is 8.83. The molecule has 1 unspecified atom stereocenters. The Labute approximate surface area is 79.7 Å². The third-order valence-electron chi connectivity index (χ3n) is 2.20. The molecule has 1 aliphatic heterocycles. The van der Waals surface area contributed by atoms with Crippen molar-refractivity contribution in [1.29, 1.82) is 0 Å². The number of hydrogen-bond donors (Lipinski definition) is 3. The molecule has 1 aromatic rings. The van der Waals surface area contributed by atoms with Crippen LogP contribution in [0.25, 0.3) is 0 Å². The van der Waals surface area contributed by atoms with Gasteiger partial charge in [0.15, 0.2) is 11.5 Å². The first-order chi connectivity index (χ1) is 6.61. The molecule has 0 saturated heterocycles. The van der Waals surface area contributed by atoms with Crippen molar-refractivity contribution in [3.63, 3.8) is 0 Å². The number of rotatable bonds is 1. The van der Waals surface area contributed by atoms with Crippen molar-refractivity contribution in [3.8, 4) is 11.5 Å². The molecule has 0 aromatic heterocycles. The fourth-order valence-corrected chi connectivity index (χ4v) is 1.47. The van der Waals surface area contributed by atoms with E-state index in [2.05, 4.69) is 0 Å². The quantitative estimate of drug-likeness (QED) is 0.606. The van der Waals surface area contributed by atoms with Crippen LogP contribution in [0.2, 0.25) is 0 Å². The zero-order chi connectivity index (χ0) is 10.3. The monoisotopic (exact) mass is 195 g/mol. The summed E-state index contributed by atoms with van der Waals surface area (Å²) < 4.78 is 5.09. The average Bonchev–Trinajstić information content (AvgIpc) is 2.49. The molecule has 1 aromatic carbocycles. The Morgan fingerprint density at radius 2 is 2.29 bits per heavy atom. The molecule has 1 heterocycles. The highest BCUT2D eigenvalue weighted by molar-refractivity contribution is 5.92. The summed E-state index contributed by atoms with van der Waals surface area (Å²) in [4.78, 5) is 10.7. The lowest BCUT2D eigenvalue weighted by Crippen LogP contribution is -2.10. The van der Waals surface area contributed by atoms with E-state index in [0.717, 1.165) is 0 Å². The fourth-order valence-electron chi connectivity index (χ4n) is 1.47. The van der Waals surface area contributed by atoms with Crippen LogP contribution in [0.3, 0.4) is 0 Å². The second-order valence-electron chi connectivity index (χ2n) is 3.10. The molecule has 74 valence electrons. The van der Waals surface area contributed by atoms with Crippen LogP contribution in [0.1, 0.15) is 22.0 Å². The molecule has 5 nitrogen and oxygen atoms in total. The van der Waals surface area contributed by atoms with E-state index < -0.39 is 5.97 Å². The highest BCUT2D eigenvalue weighted by Crippen LogP contribution is 2.40. The summed E-state index contributed by atoms with van der Waals surface area (Å²) in [5, 5.41) is 18.3. The molecule has 1 atom stereocenters. The highest BCUT2D eigenvalue weighted by atomic mass is 16.5. The third-order valence-corrected chi connectivity index (χ3v) is 2.20. The number of hydrogen-bond acceptors (Lipinski definition) is 4. The standard InChI is InChI=1S/C9H9NO4/c10-6-3-14-8-4(6)1-2-5(7(8)11)9(12)13/h1-2,6,11H,3,10H2,(H,12,13). The molecule has 14 heavy (non-hydrogen) atoms. The Morgan fingerprint density at radius 3 is 2.93 bits per heavy atom. The minimum atomic E-state index is -1.19. The molecule has 0 bridgehead atoms.